The number of nitrogens with zero attached hydrogens (tertiary/aromatic N) is 1. The largest absolute Gasteiger partial charge is 0.357 e. The third kappa shape index (κ3) is 3.24. The van der Waals surface area contributed by atoms with E-state index < -0.39 is 16.1 Å². The summed E-state index contributed by atoms with van der Waals surface area (Å²) in [4.78, 5) is 16.4. The van der Waals surface area contributed by atoms with Crippen LogP contribution in [0.15, 0.2) is 34.2 Å². The van der Waals surface area contributed by atoms with Gasteiger partial charge in [0.05, 0.1) is 4.90 Å². The average Bonchev–Trinajstić information content (AvgIpc) is 2.69. The van der Waals surface area contributed by atoms with Gasteiger partial charge in [-0.25, -0.2) is 8.42 Å². The SMILES string of the molecule is CNC(=O)C(CC(C)C)N=C1NS(=O)(=O)c2ccccc21. The molecule has 1 aromatic carbocycles. The number of hydrogen-bond acceptors (Lipinski definition) is 4. The fraction of sp³-hybridized carbons (Fsp3) is 0.429. The van der Waals surface area contributed by atoms with E-state index >= 15 is 0 Å². The number of amidine groups is 1. The first kappa shape index (κ1) is 15.5. The summed E-state index contributed by atoms with van der Waals surface area (Å²) in [5.74, 6) is 0.282. The molecule has 6 nitrogen and oxygen atoms in total. The number of amides is 1. The van der Waals surface area contributed by atoms with Crippen molar-refractivity contribution in [2.24, 2.45) is 10.9 Å². The van der Waals surface area contributed by atoms with Crippen molar-refractivity contribution >= 4 is 21.8 Å². The van der Waals surface area contributed by atoms with Crippen LogP contribution in [0.2, 0.25) is 0 Å². The van der Waals surface area contributed by atoms with E-state index in [2.05, 4.69) is 15.0 Å². The Morgan fingerprint density at radius 2 is 2.00 bits per heavy atom. The van der Waals surface area contributed by atoms with Crippen molar-refractivity contribution in [2.45, 2.75) is 31.2 Å². The molecular formula is C14H19N3O3S. The normalized spacial score (nSPS) is 19.1. The topological polar surface area (TPSA) is 87.6 Å². The summed E-state index contributed by atoms with van der Waals surface area (Å²) in [5, 5.41) is 2.57. The van der Waals surface area contributed by atoms with Gasteiger partial charge in [-0.15, -0.1) is 0 Å². The Kier molecular flexibility index (Phi) is 4.32. The first-order chi connectivity index (χ1) is 9.85. The first-order valence-electron chi connectivity index (χ1n) is 6.76. The number of sulfonamides is 1. The Hall–Kier alpha value is -1.89. The quantitative estimate of drug-likeness (QED) is 0.865. The van der Waals surface area contributed by atoms with E-state index in [1.165, 1.54) is 6.07 Å². The number of aliphatic imine (C=N–C) groups is 1. The maximum absolute atomic E-state index is 12.0. The van der Waals surface area contributed by atoms with E-state index in [9.17, 15) is 13.2 Å². The molecule has 1 heterocycles. The van der Waals surface area contributed by atoms with E-state index in [0.29, 0.717) is 12.0 Å². The molecule has 0 spiro atoms. The molecule has 1 amide bonds. The summed E-state index contributed by atoms with van der Waals surface area (Å²) in [6, 6.07) is 6.00. The molecule has 1 unspecified atom stereocenters. The third-order valence-corrected chi connectivity index (χ3v) is 4.59. The molecule has 1 aliphatic heterocycles. The molecule has 1 atom stereocenters. The van der Waals surface area contributed by atoms with Gasteiger partial charge >= 0.3 is 0 Å². The molecule has 0 radical (unpaired) electrons. The monoisotopic (exact) mass is 309 g/mol. The summed E-state index contributed by atoms with van der Waals surface area (Å²) in [5.41, 5.74) is 0.509. The lowest BCUT2D eigenvalue weighted by molar-refractivity contribution is -0.122. The van der Waals surface area contributed by atoms with Crippen LogP contribution in [0.5, 0.6) is 0 Å². The van der Waals surface area contributed by atoms with Gasteiger partial charge in [-0.3, -0.25) is 14.5 Å². The predicted octanol–water partition coefficient (Wildman–Crippen LogP) is 0.886. The summed E-state index contributed by atoms with van der Waals surface area (Å²) >= 11 is 0. The second-order valence-electron chi connectivity index (χ2n) is 5.34. The summed E-state index contributed by atoms with van der Waals surface area (Å²) in [6.45, 7) is 3.98. The van der Waals surface area contributed by atoms with Crippen LogP contribution >= 0.6 is 0 Å². The molecule has 1 aromatic rings. The van der Waals surface area contributed by atoms with Crippen LogP contribution in [0.1, 0.15) is 25.8 Å². The molecular weight excluding hydrogens is 290 g/mol. The molecule has 1 aliphatic rings. The zero-order valence-corrected chi connectivity index (χ0v) is 13.1. The van der Waals surface area contributed by atoms with Crippen LogP contribution in [0.4, 0.5) is 0 Å². The first-order valence-corrected chi connectivity index (χ1v) is 8.25. The second-order valence-corrected chi connectivity index (χ2v) is 6.99. The average molecular weight is 309 g/mol. The van der Waals surface area contributed by atoms with Crippen molar-refractivity contribution in [2.75, 3.05) is 7.05 Å². The number of carbonyl (C=O) groups is 1. The fourth-order valence-corrected chi connectivity index (χ4v) is 3.46. The second kappa shape index (κ2) is 5.85. The van der Waals surface area contributed by atoms with Gasteiger partial charge in [0.15, 0.2) is 0 Å². The van der Waals surface area contributed by atoms with Crippen LogP contribution in [0.3, 0.4) is 0 Å². The highest BCUT2D eigenvalue weighted by atomic mass is 32.2. The molecule has 2 N–H and O–H groups in total. The lowest BCUT2D eigenvalue weighted by Crippen LogP contribution is -2.34. The zero-order valence-electron chi connectivity index (χ0n) is 12.3. The Morgan fingerprint density at radius 1 is 1.33 bits per heavy atom. The Morgan fingerprint density at radius 3 is 2.62 bits per heavy atom. The van der Waals surface area contributed by atoms with Crippen molar-refractivity contribution < 1.29 is 13.2 Å². The van der Waals surface area contributed by atoms with Crippen molar-refractivity contribution in [3.05, 3.63) is 29.8 Å². The number of likely N-dealkylation sites (N-methyl/N-ethyl adjacent to an activating group) is 1. The number of rotatable bonds is 4. The Bertz CT molecular complexity index is 680. The van der Waals surface area contributed by atoms with Gasteiger partial charge in [0.25, 0.3) is 10.0 Å². The predicted molar refractivity (Wildman–Crippen MR) is 80.6 cm³/mol. The Labute approximate surface area is 124 Å². The smallest absolute Gasteiger partial charge is 0.263 e. The van der Waals surface area contributed by atoms with Crippen LogP contribution in [-0.4, -0.2) is 33.3 Å². The molecule has 114 valence electrons. The number of carbonyl (C=O) groups excluding carboxylic acids is 1. The molecule has 2 rings (SSSR count). The van der Waals surface area contributed by atoms with E-state index in [4.69, 9.17) is 0 Å². The highest BCUT2D eigenvalue weighted by Gasteiger charge is 2.31. The Balaban J connectivity index is 2.43. The van der Waals surface area contributed by atoms with Crippen LogP contribution in [0, 0.1) is 5.92 Å². The molecule has 0 fully saturated rings. The highest BCUT2D eigenvalue weighted by molar-refractivity contribution is 7.90. The van der Waals surface area contributed by atoms with Gasteiger partial charge in [-0.1, -0.05) is 26.0 Å². The molecule has 0 aliphatic carbocycles. The van der Waals surface area contributed by atoms with E-state index in [1.807, 2.05) is 13.8 Å². The number of benzene rings is 1. The minimum atomic E-state index is -3.57. The molecule has 21 heavy (non-hydrogen) atoms. The summed E-state index contributed by atoms with van der Waals surface area (Å²) in [6.07, 6.45) is 0.549. The van der Waals surface area contributed by atoms with Crippen molar-refractivity contribution in [1.82, 2.24) is 10.0 Å². The molecule has 7 heteroatoms. The standard InChI is InChI=1S/C14H19N3O3S/c1-9(2)8-11(14(18)15-3)16-13-10-6-4-5-7-12(10)21(19,20)17-13/h4-7,9,11H,8H2,1-3H3,(H,15,18)(H,16,17). The molecule has 0 saturated carbocycles. The van der Waals surface area contributed by atoms with E-state index in [1.54, 1.807) is 25.2 Å². The number of fused-ring (bicyclic) bond motifs is 1. The van der Waals surface area contributed by atoms with Crippen molar-refractivity contribution in [3.8, 4) is 0 Å². The van der Waals surface area contributed by atoms with Gasteiger partial charge in [0.1, 0.15) is 11.9 Å². The molecule has 0 aromatic heterocycles. The van der Waals surface area contributed by atoms with Crippen molar-refractivity contribution in [3.63, 3.8) is 0 Å². The minimum Gasteiger partial charge on any atom is -0.357 e. The zero-order chi connectivity index (χ0) is 15.6. The minimum absolute atomic E-state index is 0.198. The van der Waals surface area contributed by atoms with E-state index in [0.717, 1.165) is 0 Å². The molecule has 0 saturated heterocycles. The van der Waals surface area contributed by atoms with E-state index in [-0.39, 0.29) is 22.6 Å². The van der Waals surface area contributed by atoms with Gasteiger partial charge < -0.3 is 5.32 Å². The fourth-order valence-electron chi connectivity index (χ4n) is 2.22. The van der Waals surface area contributed by atoms with Crippen LogP contribution in [-0.2, 0) is 14.8 Å². The maximum atomic E-state index is 12.0. The summed E-state index contributed by atoms with van der Waals surface area (Å²) < 4.78 is 26.4. The van der Waals surface area contributed by atoms with Crippen molar-refractivity contribution in [1.29, 1.82) is 0 Å². The van der Waals surface area contributed by atoms with Gasteiger partial charge in [0.2, 0.25) is 5.91 Å². The molecule has 0 bridgehead atoms. The maximum Gasteiger partial charge on any atom is 0.263 e. The lowest BCUT2D eigenvalue weighted by atomic mass is 10.0. The lowest BCUT2D eigenvalue weighted by Gasteiger charge is -2.14. The summed E-state index contributed by atoms with van der Waals surface area (Å²) in [7, 11) is -2.03. The third-order valence-electron chi connectivity index (χ3n) is 3.19. The number of nitrogens with one attached hydrogen (secondary N) is 2. The number of hydrogen-bond donors (Lipinski definition) is 2. The van der Waals surface area contributed by atoms with Crippen LogP contribution in [0.25, 0.3) is 0 Å². The van der Waals surface area contributed by atoms with Crippen LogP contribution < -0.4 is 10.0 Å². The van der Waals surface area contributed by atoms with Gasteiger partial charge in [0, 0.05) is 12.6 Å². The highest BCUT2D eigenvalue weighted by Crippen LogP contribution is 2.23. The van der Waals surface area contributed by atoms with Gasteiger partial charge in [-0.05, 0) is 24.5 Å². The van der Waals surface area contributed by atoms with Gasteiger partial charge in [-0.2, -0.15) is 0 Å².